The molecule has 0 saturated carbocycles. The molecule has 0 aliphatic rings. The van der Waals surface area contributed by atoms with Gasteiger partial charge in [-0.2, -0.15) is 9.97 Å². The highest BCUT2D eigenvalue weighted by atomic mass is 15.2. The summed E-state index contributed by atoms with van der Waals surface area (Å²) in [6.45, 7) is 0. The lowest BCUT2D eigenvalue weighted by Gasteiger charge is -2.25. The van der Waals surface area contributed by atoms with Crippen LogP contribution in [0.25, 0.3) is 72.8 Å². The predicted molar refractivity (Wildman–Crippen MR) is 231 cm³/mol. The number of hydrogen-bond acceptors (Lipinski definition) is 4. The van der Waals surface area contributed by atoms with Gasteiger partial charge in [-0.15, -0.1) is 0 Å². The first-order valence-electron chi connectivity index (χ1n) is 18.8. The van der Waals surface area contributed by atoms with Crippen molar-refractivity contribution in [1.29, 1.82) is 0 Å². The standard InChI is InChI=1S/C51H35N5/c1-4-16-36(17-5-1)38-18-14-20-40(34-38)49-52-50(54-51(53-49)56-47-28-12-10-26-45(47)46-27-11-13-29-48(46)56)41-21-15-19-39(35-41)37-30-32-44(33-31-37)55(42-22-6-2-7-23-42)43-24-8-3-9-25-43/h1-35H. The molecule has 0 spiro atoms. The molecule has 0 N–H and O–H groups in total. The Balaban J connectivity index is 1.09. The average Bonchev–Trinajstić information content (AvgIpc) is 3.62. The summed E-state index contributed by atoms with van der Waals surface area (Å²) in [7, 11) is 0. The van der Waals surface area contributed by atoms with Gasteiger partial charge in [0.2, 0.25) is 5.95 Å². The van der Waals surface area contributed by atoms with Crippen LogP contribution in [0, 0.1) is 0 Å². The summed E-state index contributed by atoms with van der Waals surface area (Å²) in [5, 5.41) is 2.31. The third-order valence-electron chi connectivity index (χ3n) is 10.2. The molecule has 0 saturated heterocycles. The van der Waals surface area contributed by atoms with Crippen molar-refractivity contribution in [2.24, 2.45) is 0 Å². The van der Waals surface area contributed by atoms with Crippen LogP contribution < -0.4 is 4.90 Å². The summed E-state index contributed by atoms with van der Waals surface area (Å²) in [5.74, 6) is 1.79. The van der Waals surface area contributed by atoms with Crippen molar-refractivity contribution in [3.05, 3.63) is 212 Å². The van der Waals surface area contributed by atoms with E-state index >= 15 is 0 Å². The number of benzene rings is 8. The van der Waals surface area contributed by atoms with Crippen LogP contribution in [0.15, 0.2) is 212 Å². The molecule has 8 aromatic carbocycles. The second-order valence-electron chi connectivity index (χ2n) is 13.7. The number of nitrogens with zero attached hydrogens (tertiary/aromatic N) is 5. The molecular formula is C51H35N5. The minimum atomic E-state index is 0.573. The van der Waals surface area contributed by atoms with E-state index in [0.717, 1.165) is 72.2 Å². The smallest absolute Gasteiger partial charge is 0.238 e. The summed E-state index contributed by atoms with van der Waals surface area (Å²) in [6, 6.07) is 73.9. The van der Waals surface area contributed by atoms with Crippen LogP contribution in [0.4, 0.5) is 17.1 Å². The van der Waals surface area contributed by atoms with Crippen LogP contribution >= 0.6 is 0 Å². The van der Waals surface area contributed by atoms with Gasteiger partial charge >= 0.3 is 0 Å². The Bertz CT molecular complexity index is 2860. The van der Waals surface area contributed by atoms with Gasteiger partial charge in [0.15, 0.2) is 11.6 Å². The quantitative estimate of drug-likeness (QED) is 0.157. The lowest BCUT2D eigenvalue weighted by molar-refractivity contribution is 0.953. The molecule has 56 heavy (non-hydrogen) atoms. The molecular weight excluding hydrogens is 683 g/mol. The molecule has 5 nitrogen and oxygen atoms in total. The van der Waals surface area contributed by atoms with Gasteiger partial charge in [-0.25, -0.2) is 4.98 Å². The Morgan fingerprint density at radius 2 is 0.696 bits per heavy atom. The second kappa shape index (κ2) is 14.3. The van der Waals surface area contributed by atoms with E-state index in [1.54, 1.807) is 0 Å². The molecule has 5 heteroatoms. The molecule has 0 amide bonds. The Morgan fingerprint density at radius 3 is 1.21 bits per heavy atom. The van der Waals surface area contributed by atoms with E-state index in [-0.39, 0.29) is 0 Å². The molecule has 0 unspecified atom stereocenters. The van der Waals surface area contributed by atoms with Gasteiger partial charge in [-0.3, -0.25) is 4.57 Å². The number of rotatable bonds is 8. The summed E-state index contributed by atoms with van der Waals surface area (Å²) in [6.07, 6.45) is 0. The van der Waals surface area contributed by atoms with E-state index in [1.807, 2.05) is 18.2 Å². The van der Waals surface area contributed by atoms with E-state index in [0.29, 0.717) is 17.6 Å². The third-order valence-corrected chi connectivity index (χ3v) is 10.2. The molecule has 0 fully saturated rings. The van der Waals surface area contributed by atoms with E-state index in [4.69, 9.17) is 15.0 Å². The third kappa shape index (κ3) is 6.17. The Morgan fingerprint density at radius 1 is 0.304 bits per heavy atom. The SMILES string of the molecule is c1ccc(-c2cccc(-c3nc(-c4cccc(-c5ccc(N(c6ccccc6)c6ccccc6)cc5)c4)nc(-n4c5ccccc5c5ccccc54)n3)c2)cc1. The van der Waals surface area contributed by atoms with Crippen LogP contribution in [0.1, 0.15) is 0 Å². The summed E-state index contributed by atoms with van der Waals surface area (Å²) >= 11 is 0. The molecule has 2 aromatic heterocycles. The van der Waals surface area contributed by atoms with E-state index < -0.39 is 0 Å². The summed E-state index contributed by atoms with van der Waals surface area (Å²) in [4.78, 5) is 17.9. The normalized spacial score (nSPS) is 11.2. The number of para-hydroxylation sites is 4. The first-order chi connectivity index (χ1) is 27.8. The molecule has 0 aliphatic carbocycles. The Kier molecular flexibility index (Phi) is 8.43. The van der Waals surface area contributed by atoms with Gasteiger partial charge < -0.3 is 4.90 Å². The fourth-order valence-electron chi connectivity index (χ4n) is 7.57. The molecule has 2 heterocycles. The zero-order chi connectivity index (χ0) is 37.3. The second-order valence-corrected chi connectivity index (χ2v) is 13.7. The average molecular weight is 718 g/mol. The highest BCUT2D eigenvalue weighted by Gasteiger charge is 2.18. The maximum Gasteiger partial charge on any atom is 0.238 e. The van der Waals surface area contributed by atoms with Crippen LogP contribution in [0.2, 0.25) is 0 Å². The minimum Gasteiger partial charge on any atom is -0.311 e. The van der Waals surface area contributed by atoms with Crippen molar-refractivity contribution in [1.82, 2.24) is 19.5 Å². The topological polar surface area (TPSA) is 46.8 Å². The van der Waals surface area contributed by atoms with Crippen molar-refractivity contribution in [2.45, 2.75) is 0 Å². The van der Waals surface area contributed by atoms with E-state index in [2.05, 4.69) is 204 Å². The Labute approximate surface area is 325 Å². The highest BCUT2D eigenvalue weighted by Crippen LogP contribution is 2.37. The largest absolute Gasteiger partial charge is 0.311 e. The van der Waals surface area contributed by atoms with E-state index in [1.165, 1.54) is 0 Å². The summed E-state index contributed by atoms with van der Waals surface area (Å²) in [5.41, 5.74) is 11.6. The highest BCUT2D eigenvalue weighted by molar-refractivity contribution is 6.09. The first-order valence-corrected chi connectivity index (χ1v) is 18.8. The van der Waals surface area contributed by atoms with Crippen molar-refractivity contribution < 1.29 is 0 Å². The number of hydrogen-bond donors (Lipinski definition) is 0. The molecule has 0 atom stereocenters. The first kappa shape index (κ1) is 33.0. The van der Waals surface area contributed by atoms with Gasteiger partial charge in [-0.1, -0.05) is 152 Å². The molecule has 10 rings (SSSR count). The monoisotopic (exact) mass is 717 g/mol. The number of anilines is 3. The molecule has 264 valence electrons. The molecule has 0 bridgehead atoms. The minimum absolute atomic E-state index is 0.573. The van der Waals surface area contributed by atoms with E-state index in [9.17, 15) is 0 Å². The summed E-state index contributed by atoms with van der Waals surface area (Å²) < 4.78 is 2.16. The Hall–Kier alpha value is -7.63. The van der Waals surface area contributed by atoms with Crippen LogP contribution in [-0.4, -0.2) is 19.5 Å². The number of fused-ring (bicyclic) bond motifs is 3. The lowest BCUT2D eigenvalue weighted by atomic mass is 10.0. The van der Waals surface area contributed by atoms with Crippen molar-refractivity contribution in [2.75, 3.05) is 4.90 Å². The van der Waals surface area contributed by atoms with Crippen molar-refractivity contribution >= 4 is 38.9 Å². The van der Waals surface area contributed by atoms with Gasteiger partial charge in [0.1, 0.15) is 0 Å². The van der Waals surface area contributed by atoms with Gasteiger partial charge in [0.05, 0.1) is 11.0 Å². The maximum atomic E-state index is 5.23. The fourth-order valence-corrected chi connectivity index (χ4v) is 7.57. The fraction of sp³-hybridized carbons (Fsp3) is 0. The van der Waals surface area contributed by atoms with Crippen LogP contribution in [0.3, 0.4) is 0 Å². The van der Waals surface area contributed by atoms with Crippen molar-refractivity contribution in [3.63, 3.8) is 0 Å². The maximum absolute atomic E-state index is 5.23. The van der Waals surface area contributed by atoms with Crippen LogP contribution in [0.5, 0.6) is 0 Å². The van der Waals surface area contributed by atoms with Crippen molar-refractivity contribution in [3.8, 4) is 51.0 Å². The van der Waals surface area contributed by atoms with Gasteiger partial charge in [0.25, 0.3) is 0 Å². The zero-order valence-corrected chi connectivity index (χ0v) is 30.4. The zero-order valence-electron chi connectivity index (χ0n) is 30.4. The van der Waals surface area contributed by atoms with Gasteiger partial charge in [0, 0.05) is 39.0 Å². The molecule has 0 radical (unpaired) electrons. The lowest BCUT2D eigenvalue weighted by Crippen LogP contribution is -2.09. The van der Waals surface area contributed by atoms with Gasteiger partial charge in [-0.05, 0) is 82.9 Å². The van der Waals surface area contributed by atoms with Crippen LogP contribution in [-0.2, 0) is 0 Å². The predicted octanol–water partition coefficient (Wildman–Crippen LogP) is 13.1. The molecule has 0 aliphatic heterocycles. The molecule has 10 aromatic rings. The number of aromatic nitrogens is 4.